The molecule has 1 aliphatic carbocycles. The zero-order chi connectivity index (χ0) is 13.1. The summed E-state index contributed by atoms with van der Waals surface area (Å²) in [5, 5.41) is 3.38. The third-order valence-corrected chi connectivity index (χ3v) is 6.29. The first kappa shape index (κ1) is 14.8. The van der Waals surface area contributed by atoms with Crippen LogP contribution in [0.2, 0.25) is 4.34 Å². The molecule has 0 bridgehead atoms. The Labute approximate surface area is 127 Å². The molecule has 1 N–H and O–H groups in total. The Hall–Kier alpha value is 0.390. The maximum absolute atomic E-state index is 6.08. The summed E-state index contributed by atoms with van der Waals surface area (Å²) >= 11 is 11.2. The van der Waals surface area contributed by atoms with Gasteiger partial charge in [-0.25, -0.2) is 0 Å². The zero-order valence-electron chi connectivity index (χ0n) is 10.9. The van der Waals surface area contributed by atoms with Gasteiger partial charge in [0.1, 0.15) is 4.34 Å². The van der Waals surface area contributed by atoms with E-state index in [1.165, 1.54) is 30.6 Å². The molecule has 2 nitrogen and oxygen atoms in total. The summed E-state index contributed by atoms with van der Waals surface area (Å²) in [4.78, 5) is 3.81. The molecular weight excluding hydrogens is 332 g/mol. The van der Waals surface area contributed by atoms with Crippen molar-refractivity contribution >= 4 is 38.9 Å². The van der Waals surface area contributed by atoms with Crippen LogP contribution in [-0.4, -0.2) is 31.1 Å². The molecule has 0 spiro atoms. The van der Waals surface area contributed by atoms with Gasteiger partial charge < -0.3 is 5.32 Å². The Kier molecular flexibility index (Phi) is 5.51. The normalized spacial score (nSPS) is 24.7. The molecule has 1 aliphatic rings. The average Bonchev–Trinajstić information content (AvgIpc) is 2.68. The fraction of sp³-hybridized carbons (Fsp3) is 0.692. The molecule has 1 saturated carbocycles. The predicted octanol–water partition coefficient (Wildman–Crippen LogP) is 4.13. The summed E-state index contributed by atoms with van der Waals surface area (Å²) in [5.41, 5.74) is 0. The lowest BCUT2D eigenvalue weighted by molar-refractivity contribution is 0.171. The Morgan fingerprint density at radius 2 is 2.11 bits per heavy atom. The molecule has 0 radical (unpaired) electrons. The highest BCUT2D eigenvalue weighted by Gasteiger charge is 2.23. The number of rotatable bonds is 4. The van der Waals surface area contributed by atoms with Gasteiger partial charge in [0.05, 0.1) is 0 Å². The van der Waals surface area contributed by atoms with E-state index in [1.54, 1.807) is 11.3 Å². The highest BCUT2D eigenvalue weighted by atomic mass is 79.9. The molecule has 102 valence electrons. The second-order valence-corrected chi connectivity index (χ2v) is 7.64. The Morgan fingerprint density at radius 3 is 2.61 bits per heavy atom. The number of nitrogens with one attached hydrogen (secondary N) is 1. The first-order valence-electron chi connectivity index (χ1n) is 6.41. The smallest absolute Gasteiger partial charge is 0.107 e. The topological polar surface area (TPSA) is 15.3 Å². The van der Waals surface area contributed by atoms with Gasteiger partial charge in [-0.1, -0.05) is 11.6 Å². The van der Waals surface area contributed by atoms with Crippen LogP contribution in [0.3, 0.4) is 0 Å². The highest BCUT2D eigenvalue weighted by molar-refractivity contribution is 9.10. The molecule has 1 aromatic rings. The second-order valence-electron chi connectivity index (χ2n) is 5.04. The van der Waals surface area contributed by atoms with Gasteiger partial charge in [0.2, 0.25) is 0 Å². The zero-order valence-corrected chi connectivity index (χ0v) is 14.0. The lowest BCUT2D eigenvalue weighted by Gasteiger charge is -2.34. The van der Waals surface area contributed by atoms with Gasteiger partial charge in [-0.2, -0.15) is 0 Å². The van der Waals surface area contributed by atoms with Crippen molar-refractivity contribution in [3.05, 3.63) is 19.8 Å². The summed E-state index contributed by atoms with van der Waals surface area (Å²) in [6.07, 6.45) is 5.17. The Balaban J connectivity index is 1.86. The van der Waals surface area contributed by atoms with E-state index in [-0.39, 0.29) is 0 Å². The lowest BCUT2D eigenvalue weighted by Crippen LogP contribution is -2.39. The summed E-state index contributed by atoms with van der Waals surface area (Å²) in [6, 6.07) is 3.58. The van der Waals surface area contributed by atoms with Gasteiger partial charge in [0.25, 0.3) is 0 Å². The molecule has 1 aromatic heterocycles. The van der Waals surface area contributed by atoms with E-state index in [0.717, 1.165) is 21.4 Å². The van der Waals surface area contributed by atoms with Crippen molar-refractivity contribution in [2.75, 3.05) is 14.1 Å². The number of hydrogen-bond donors (Lipinski definition) is 1. The lowest BCUT2D eigenvalue weighted by atomic mass is 9.90. The van der Waals surface area contributed by atoms with E-state index in [2.05, 4.69) is 46.3 Å². The molecule has 0 saturated heterocycles. The van der Waals surface area contributed by atoms with E-state index in [4.69, 9.17) is 11.6 Å². The van der Waals surface area contributed by atoms with Gasteiger partial charge in [-0.05, 0) is 61.8 Å². The summed E-state index contributed by atoms with van der Waals surface area (Å²) in [6.45, 7) is 1.00. The molecule has 0 unspecified atom stereocenters. The quantitative estimate of drug-likeness (QED) is 0.877. The maximum Gasteiger partial charge on any atom is 0.107 e. The van der Waals surface area contributed by atoms with Crippen molar-refractivity contribution in [3.8, 4) is 0 Å². The summed E-state index contributed by atoms with van der Waals surface area (Å²) in [5.74, 6) is 0. The van der Waals surface area contributed by atoms with Crippen molar-refractivity contribution in [2.24, 2.45) is 0 Å². The first-order chi connectivity index (χ1) is 8.60. The molecule has 1 heterocycles. The monoisotopic (exact) mass is 350 g/mol. The summed E-state index contributed by atoms with van der Waals surface area (Å²) < 4.78 is 1.88. The van der Waals surface area contributed by atoms with E-state index in [1.807, 2.05) is 0 Å². The molecule has 1 fully saturated rings. The van der Waals surface area contributed by atoms with Crippen LogP contribution in [0.15, 0.2) is 10.5 Å². The van der Waals surface area contributed by atoms with E-state index in [9.17, 15) is 0 Å². The second kappa shape index (κ2) is 6.71. The van der Waals surface area contributed by atoms with Gasteiger partial charge in [-0.3, -0.25) is 4.90 Å². The molecular formula is C13H20BrClN2S. The molecule has 0 amide bonds. The van der Waals surface area contributed by atoms with Crippen LogP contribution < -0.4 is 5.32 Å². The fourth-order valence-corrected chi connectivity index (χ4v) is 4.50. The van der Waals surface area contributed by atoms with Crippen molar-refractivity contribution in [1.29, 1.82) is 0 Å². The molecule has 0 aromatic carbocycles. The standard InChI is InChI=1S/C13H20BrClN2S/c1-16-9-3-5-10(6-4-9)17(2)8-11-7-12(14)13(15)18-11/h7,9-10,16H,3-6,8H2,1-2H3. The largest absolute Gasteiger partial charge is 0.317 e. The molecule has 2 rings (SSSR count). The summed E-state index contributed by atoms with van der Waals surface area (Å²) in [7, 11) is 4.30. The van der Waals surface area contributed by atoms with E-state index < -0.39 is 0 Å². The van der Waals surface area contributed by atoms with Gasteiger partial charge in [0, 0.05) is 28.0 Å². The fourth-order valence-electron chi connectivity index (χ4n) is 2.65. The van der Waals surface area contributed by atoms with Gasteiger partial charge >= 0.3 is 0 Å². The Morgan fingerprint density at radius 1 is 1.44 bits per heavy atom. The van der Waals surface area contributed by atoms with Crippen molar-refractivity contribution < 1.29 is 0 Å². The first-order valence-corrected chi connectivity index (χ1v) is 8.40. The third-order valence-electron chi connectivity index (χ3n) is 3.83. The maximum atomic E-state index is 6.08. The number of halogens is 2. The SMILES string of the molecule is CNC1CCC(N(C)Cc2cc(Br)c(Cl)s2)CC1. The predicted molar refractivity (Wildman–Crippen MR) is 83.6 cm³/mol. The van der Waals surface area contributed by atoms with Crippen LogP contribution >= 0.6 is 38.9 Å². The molecule has 5 heteroatoms. The van der Waals surface area contributed by atoms with Crippen LogP contribution in [0, 0.1) is 0 Å². The third kappa shape index (κ3) is 3.70. The van der Waals surface area contributed by atoms with Gasteiger partial charge in [-0.15, -0.1) is 11.3 Å². The van der Waals surface area contributed by atoms with Gasteiger partial charge in [0.15, 0.2) is 0 Å². The average molecular weight is 352 g/mol. The minimum Gasteiger partial charge on any atom is -0.317 e. The molecule has 0 aliphatic heterocycles. The molecule has 18 heavy (non-hydrogen) atoms. The van der Waals surface area contributed by atoms with Crippen molar-refractivity contribution in [3.63, 3.8) is 0 Å². The minimum absolute atomic E-state index is 0.717. The van der Waals surface area contributed by atoms with Crippen LogP contribution in [-0.2, 0) is 6.54 Å². The van der Waals surface area contributed by atoms with E-state index in [0.29, 0.717) is 6.04 Å². The van der Waals surface area contributed by atoms with Crippen LogP contribution in [0.5, 0.6) is 0 Å². The van der Waals surface area contributed by atoms with Crippen LogP contribution in [0.4, 0.5) is 0 Å². The van der Waals surface area contributed by atoms with Crippen LogP contribution in [0.25, 0.3) is 0 Å². The number of nitrogens with zero attached hydrogens (tertiary/aromatic N) is 1. The Bertz CT molecular complexity index is 369. The highest BCUT2D eigenvalue weighted by Crippen LogP contribution is 2.33. The van der Waals surface area contributed by atoms with Crippen molar-refractivity contribution in [1.82, 2.24) is 10.2 Å². The minimum atomic E-state index is 0.717. The molecule has 0 atom stereocenters. The van der Waals surface area contributed by atoms with E-state index >= 15 is 0 Å². The number of hydrogen-bond acceptors (Lipinski definition) is 3. The number of thiophene rings is 1. The van der Waals surface area contributed by atoms with Crippen LogP contribution in [0.1, 0.15) is 30.6 Å². The van der Waals surface area contributed by atoms with Crippen molar-refractivity contribution in [2.45, 2.75) is 44.3 Å².